The number of aliphatic hydroxyl groups is 1. The Morgan fingerprint density at radius 1 is 1.53 bits per heavy atom. The van der Waals surface area contributed by atoms with Crippen molar-refractivity contribution in [2.45, 2.75) is 25.7 Å². The maximum Gasteiger partial charge on any atom is 0.154 e. The van der Waals surface area contributed by atoms with Gasteiger partial charge in [0, 0.05) is 23.7 Å². The highest BCUT2D eigenvalue weighted by molar-refractivity contribution is 7.89. The molecule has 6 heteroatoms. The summed E-state index contributed by atoms with van der Waals surface area (Å²) in [4.78, 5) is 7.93. The van der Waals surface area contributed by atoms with Crippen molar-refractivity contribution in [3.05, 3.63) is 23.3 Å². The van der Waals surface area contributed by atoms with Gasteiger partial charge in [-0.05, 0) is 13.8 Å². The van der Waals surface area contributed by atoms with Gasteiger partial charge in [-0.15, -0.1) is 0 Å². The molecule has 0 amide bonds. The summed E-state index contributed by atoms with van der Waals surface area (Å²) in [5.74, 6) is 0.0906. The molecule has 0 aromatic carbocycles. The fourth-order valence-corrected chi connectivity index (χ4v) is 1.85. The summed E-state index contributed by atoms with van der Waals surface area (Å²) in [6.45, 7) is 3.33. The van der Waals surface area contributed by atoms with Crippen LogP contribution in [0.5, 0.6) is 0 Å². The molecule has 84 valence electrons. The number of aromatic nitrogens is 2. The first-order valence-corrected chi connectivity index (χ1v) is 6.54. The van der Waals surface area contributed by atoms with Crippen LogP contribution in [0.4, 0.5) is 0 Å². The van der Waals surface area contributed by atoms with Crippen LogP contribution in [-0.2, 0) is 15.6 Å². The topological polar surface area (TPSA) is 80.2 Å². The highest BCUT2D eigenvalue weighted by atomic mass is 32.2. The lowest BCUT2D eigenvalue weighted by Crippen LogP contribution is -2.08. The standard InChI is InChI=1S/C9H14N2O3S/c1-6-8(7(2)12)4-10-9(11-6)5-15(3,13)14/h4,7,12H,5H2,1-3H3/t7-/m0/s1. The molecule has 0 aliphatic carbocycles. The van der Waals surface area contributed by atoms with Crippen molar-refractivity contribution in [3.8, 4) is 0 Å². The van der Waals surface area contributed by atoms with Gasteiger partial charge in [0.05, 0.1) is 6.10 Å². The van der Waals surface area contributed by atoms with Crippen LogP contribution in [0, 0.1) is 6.92 Å². The normalized spacial score (nSPS) is 13.9. The maximum absolute atomic E-state index is 11.0. The first kappa shape index (κ1) is 12.1. The molecule has 1 heterocycles. The second kappa shape index (κ2) is 4.24. The molecule has 0 fully saturated rings. The molecule has 0 saturated carbocycles. The van der Waals surface area contributed by atoms with Gasteiger partial charge in [0.15, 0.2) is 9.84 Å². The molecule has 5 nitrogen and oxygen atoms in total. The van der Waals surface area contributed by atoms with E-state index in [4.69, 9.17) is 0 Å². The summed E-state index contributed by atoms with van der Waals surface area (Å²) in [5, 5.41) is 9.33. The van der Waals surface area contributed by atoms with Crippen LogP contribution in [0.3, 0.4) is 0 Å². The third kappa shape index (κ3) is 3.56. The van der Waals surface area contributed by atoms with E-state index in [-0.39, 0.29) is 11.6 Å². The quantitative estimate of drug-likeness (QED) is 0.812. The minimum absolute atomic E-state index is 0.173. The minimum Gasteiger partial charge on any atom is -0.389 e. The molecule has 1 N–H and O–H groups in total. The Kier molecular flexibility index (Phi) is 3.41. The van der Waals surface area contributed by atoms with Crippen molar-refractivity contribution in [2.75, 3.05) is 6.26 Å². The van der Waals surface area contributed by atoms with Gasteiger partial charge in [-0.2, -0.15) is 0 Å². The monoisotopic (exact) mass is 230 g/mol. The van der Waals surface area contributed by atoms with E-state index >= 15 is 0 Å². The Balaban J connectivity index is 3.02. The molecule has 1 aromatic rings. The average Bonchev–Trinajstić information content (AvgIpc) is 1.99. The van der Waals surface area contributed by atoms with E-state index in [1.807, 2.05) is 0 Å². The molecule has 0 bridgehead atoms. The summed E-state index contributed by atoms with van der Waals surface area (Å²) >= 11 is 0. The molecule has 1 aromatic heterocycles. The zero-order valence-electron chi connectivity index (χ0n) is 8.93. The van der Waals surface area contributed by atoms with Gasteiger partial charge in [0.1, 0.15) is 11.6 Å². The average molecular weight is 230 g/mol. The number of rotatable bonds is 3. The predicted octanol–water partition coefficient (Wildman–Crippen LogP) is 0.383. The maximum atomic E-state index is 11.0. The van der Waals surface area contributed by atoms with Gasteiger partial charge >= 0.3 is 0 Å². The summed E-state index contributed by atoms with van der Waals surface area (Å²) in [6.07, 6.45) is 1.96. The van der Waals surface area contributed by atoms with Crippen molar-refractivity contribution < 1.29 is 13.5 Å². The summed E-state index contributed by atoms with van der Waals surface area (Å²) in [6, 6.07) is 0. The van der Waals surface area contributed by atoms with E-state index in [1.165, 1.54) is 6.20 Å². The van der Waals surface area contributed by atoms with Crippen LogP contribution in [0.15, 0.2) is 6.20 Å². The molecule has 0 spiro atoms. The highest BCUT2D eigenvalue weighted by Crippen LogP contribution is 2.14. The molecule has 0 unspecified atom stereocenters. The van der Waals surface area contributed by atoms with Crippen LogP contribution < -0.4 is 0 Å². The van der Waals surface area contributed by atoms with Gasteiger partial charge in [-0.1, -0.05) is 0 Å². The molecule has 0 aliphatic heterocycles. The molecule has 1 rings (SSSR count). The van der Waals surface area contributed by atoms with E-state index in [1.54, 1.807) is 13.8 Å². The SMILES string of the molecule is Cc1nc(CS(C)(=O)=O)ncc1[C@H](C)O. The van der Waals surface area contributed by atoms with E-state index in [0.29, 0.717) is 11.3 Å². The van der Waals surface area contributed by atoms with Crippen molar-refractivity contribution in [2.24, 2.45) is 0 Å². The van der Waals surface area contributed by atoms with E-state index < -0.39 is 15.9 Å². The highest BCUT2D eigenvalue weighted by Gasteiger charge is 2.11. The minimum atomic E-state index is -3.11. The Morgan fingerprint density at radius 2 is 2.13 bits per heavy atom. The fourth-order valence-electron chi connectivity index (χ4n) is 1.24. The number of aryl methyl sites for hydroxylation is 1. The van der Waals surface area contributed by atoms with Crippen LogP contribution in [-0.4, -0.2) is 29.7 Å². The van der Waals surface area contributed by atoms with Gasteiger partial charge in [-0.3, -0.25) is 0 Å². The van der Waals surface area contributed by atoms with E-state index in [0.717, 1.165) is 6.26 Å². The Morgan fingerprint density at radius 3 is 2.53 bits per heavy atom. The first-order chi connectivity index (χ1) is 6.79. The van der Waals surface area contributed by atoms with Crippen molar-refractivity contribution >= 4 is 9.84 Å². The van der Waals surface area contributed by atoms with Gasteiger partial charge in [0.25, 0.3) is 0 Å². The van der Waals surface area contributed by atoms with Gasteiger partial charge in [0.2, 0.25) is 0 Å². The number of sulfone groups is 1. The van der Waals surface area contributed by atoms with Crippen molar-refractivity contribution in [3.63, 3.8) is 0 Å². The number of hydrogen-bond donors (Lipinski definition) is 1. The molecular formula is C9H14N2O3S. The Labute approximate surface area is 89.1 Å². The van der Waals surface area contributed by atoms with Crippen LogP contribution in [0.25, 0.3) is 0 Å². The summed E-state index contributed by atoms with van der Waals surface area (Å²) in [5.41, 5.74) is 1.23. The molecule has 0 saturated heterocycles. The zero-order valence-corrected chi connectivity index (χ0v) is 9.74. The van der Waals surface area contributed by atoms with Crippen molar-refractivity contribution in [1.29, 1.82) is 0 Å². The fraction of sp³-hybridized carbons (Fsp3) is 0.556. The van der Waals surface area contributed by atoms with Crippen LogP contribution >= 0.6 is 0 Å². The second-order valence-corrected chi connectivity index (χ2v) is 5.71. The third-order valence-electron chi connectivity index (χ3n) is 1.91. The first-order valence-electron chi connectivity index (χ1n) is 4.48. The zero-order chi connectivity index (χ0) is 11.6. The van der Waals surface area contributed by atoms with Crippen LogP contribution in [0.1, 0.15) is 30.1 Å². The number of hydrogen-bond acceptors (Lipinski definition) is 5. The smallest absolute Gasteiger partial charge is 0.154 e. The van der Waals surface area contributed by atoms with Crippen LogP contribution in [0.2, 0.25) is 0 Å². The largest absolute Gasteiger partial charge is 0.389 e. The predicted molar refractivity (Wildman–Crippen MR) is 56.0 cm³/mol. The molecular weight excluding hydrogens is 216 g/mol. The summed E-state index contributed by atoms with van der Waals surface area (Å²) < 4.78 is 22.0. The van der Waals surface area contributed by atoms with Gasteiger partial charge < -0.3 is 5.11 Å². The van der Waals surface area contributed by atoms with Gasteiger partial charge in [-0.25, -0.2) is 18.4 Å². The molecule has 0 radical (unpaired) electrons. The van der Waals surface area contributed by atoms with Crippen molar-refractivity contribution in [1.82, 2.24) is 9.97 Å². The Bertz CT molecular complexity index is 454. The lowest BCUT2D eigenvalue weighted by atomic mass is 10.1. The Hall–Kier alpha value is -1.01. The van der Waals surface area contributed by atoms with E-state index in [2.05, 4.69) is 9.97 Å². The second-order valence-electron chi connectivity index (χ2n) is 3.57. The van der Waals surface area contributed by atoms with E-state index in [9.17, 15) is 13.5 Å². The molecule has 1 atom stereocenters. The lowest BCUT2D eigenvalue weighted by Gasteiger charge is -2.08. The number of aliphatic hydroxyl groups excluding tert-OH is 1. The molecule has 15 heavy (non-hydrogen) atoms. The lowest BCUT2D eigenvalue weighted by molar-refractivity contribution is 0.197. The number of nitrogens with zero attached hydrogens (tertiary/aromatic N) is 2. The third-order valence-corrected chi connectivity index (χ3v) is 2.69. The molecule has 0 aliphatic rings. The summed E-state index contributed by atoms with van der Waals surface area (Å²) in [7, 11) is -3.11.